The first kappa shape index (κ1) is 17.6. The van der Waals surface area contributed by atoms with Gasteiger partial charge < -0.3 is 15.4 Å². The number of nitrogens with two attached hydrogens (primary N) is 1. The van der Waals surface area contributed by atoms with Gasteiger partial charge in [-0.15, -0.1) is 0 Å². The molecule has 0 bridgehead atoms. The highest BCUT2D eigenvalue weighted by Gasteiger charge is 2.44. The second kappa shape index (κ2) is 6.61. The molecule has 2 aliphatic heterocycles. The number of nitrogen functional groups attached to an aromatic ring is 1. The van der Waals surface area contributed by atoms with Crippen LogP contribution in [0.1, 0.15) is 25.8 Å². The molecule has 1 fully saturated rings. The first-order valence-corrected chi connectivity index (χ1v) is 8.53. The Balaban J connectivity index is 1.80. The van der Waals surface area contributed by atoms with E-state index in [2.05, 4.69) is 4.90 Å². The quantitative estimate of drug-likeness (QED) is 0.492. The van der Waals surface area contributed by atoms with E-state index in [0.29, 0.717) is 12.2 Å². The summed E-state index contributed by atoms with van der Waals surface area (Å²) in [4.78, 5) is 27.5. The van der Waals surface area contributed by atoms with Gasteiger partial charge >= 0.3 is 0 Å². The summed E-state index contributed by atoms with van der Waals surface area (Å²) in [7, 11) is 0. The number of amides is 1. The van der Waals surface area contributed by atoms with Crippen molar-refractivity contribution >= 4 is 23.0 Å². The predicted molar refractivity (Wildman–Crippen MR) is 94.8 cm³/mol. The number of hydrogen-bond donors (Lipinski definition) is 1. The molecule has 25 heavy (non-hydrogen) atoms. The lowest BCUT2D eigenvalue weighted by molar-refractivity contribution is -0.383. The van der Waals surface area contributed by atoms with Crippen molar-refractivity contribution in [2.75, 3.05) is 50.0 Å². The van der Waals surface area contributed by atoms with Crippen LogP contribution in [0.15, 0.2) is 12.1 Å². The number of nitro benzene ring substituents is 1. The maximum absolute atomic E-state index is 12.8. The van der Waals surface area contributed by atoms with Gasteiger partial charge in [0.05, 0.1) is 29.2 Å². The Kier molecular flexibility index (Phi) is 4.66. The van der Waals surface area contributed by atoms with Gasteiger partial charge in [-0.3, -0.25) is 19.8 Å². The van der Waals surface area contributed by atoms with E-state index >= 15 is 0 Å². The molecule has 0 saturated carbocycles. The summed E-state index contributed by atoms with van der Waals surface area (Å²) in [5, 5.41) is 11.2. The molecular weight excluding hydrogens is 324 g/mol. The highest BCUT2D eigenvalue weighted by atomic mass is 16.6. The highest BCUT2D eigenvalue weighted by molar-refractivity contribution is 6.08. The molecular formula is C17H24N4O4. The van der Waals surface area contributed by atoms with Gasteiger partial charge in [-0.1, -0.05) is 0 Å². The molecule has 1 aromatic carbocycles. The van der Waals surface area contributed by atoms with Crippen LogP contribution in [-0.2, 0) is 14.9 Å². The lowest BCUT2D eigenvalue weighted by atomic mass is 9.86. The van der Waals surface area contributed by atoms with Crippen LogP contribution in [0.2, 0.25) is 0 Å². The number of nitrogens with zero attached hydrogens (tertiary/aromatic N) is 3. The summed E-state index contributed by atoms with van der Waals surface area (Å²) in [6, 6.07) is 3.01. The molecule has 1 saturated heterocycles. The Labute approximate surface area is 146 Å². The third-order valence-corrected chi connectivity index (χ3v) is 5.05. The number of benzene rings is 1. The van der Waals surface area contributed by atoms with Gasteiger partial charge in [0, 0.05) is 32.2 Å². The van der Waals surface area contributed by atoms with Gasteiger partial charge in [0.25, 0.3) is 5.69 Å². The van der Waals surface area contributed by atoms with Crippen molar-refractivity contribution in [1.82, 2.24) is 4.90 Å². The minimum atomic E-state index is -0.725. The SMILES string of the molecule is CC1(C)C(=O)N(CCCN2CCOCC2)c2cc([N+](=O)[O-])c(N)cc21. The van der Waals surface area contributed by atoms with Crippen LogP contribution in [0, 0.1) is 10.1 Å². The smallest absolute Gasteiger partial charge is 0.294 e. The Bertz CT molecular complexity index is 698. The third-order valence-electron chi connectivity index (χ3n) is 5.05. The Morgan fingerprint density at radius 1 is 1.28 bits per heavy atom. The summed E-state index contributed by atoms with van der Waals surface area (Å²) < 4.78 is 5.34. The van der Waals surface area contributed by atoms with E-state index in [0.717, 1.165) is 44.8 Å². The molecule has 8 nitrogen and oxygen atoms in total. The summed E-state index contributed by atoms with van der Waals surface area (Å²) in [5.74, 6) is -0.0376. The second-order valence-electron chi connectivity index (χ2n) is 7.07. The Morgan fingerprint density at radius 3 is 2.60 bits per heavy atom. The lowest BCUT2D eigenvalue weighted by Crippen LogP contribution is -2.40. The number of ether oxygens (including phenoxy) is 1. The maximum Gasteiger partial charge on any atom is 0.294 e. The van der Waals surface area contributed by atoms with Crippen LogP contribution >= 0.6 is 0 Å². The summed E-state index contributed by atoms with van der Waals surface area (Å²) in [6.45, 7) is 8.36. The molecule has 2 N–H and O–H groups in total. The standard InChI is InChI=1S/C17H24N4O4/c1-17(2)12-10-13(18)15(21(23)24)11-14(12)20(16(17)22)5-3-4-19-6-8-25-9-7-19/h10-11H,3-9,18H2,1-2H3. The third kappa shape index (κ3) is 3.19. The Morgan fingerprint density at radius 2 is 1.96 bits per heavy atom. The largest absolute Gasteiger partial charge is 0.393 e. The molecule has 136 valence electrons. The van der Waals surface area contributed by atoms with Gasteiger partial charge in [0.2, 0.25) is 5.91 Å². The van der Waals surface area contributed by atoms with Crippen molar-refractivity contribution in [2.24, 2.45) is 0 Å². The fraction of sp³-hybridized carbons (Fsp3) is 0.588. The van der Waals surface area contributed by atoms with E-state index in [1.165, 1.54) is 6.07 Å². The molecule has 0 unspecified atom stereocenters. The number of rotatable bonds is 5. The van der Waals surface area contributed by atoms with Crippen molar-refractivity contribution in [3.63, 3.8) is 0 Å². The zero-order valence-corrected chi connectivity index (χ0v) is 14.7. The van der Waals surface area contributed by atoms with E-state index in [-0.39, 0.29) is 17.3 Å². The molecule has 8 heteroatoms. The van der Waals surface area contributed by atoms with Crippen LogP contribution in [-0.4, -0.2) is 55.1 Å². The number of carbonyl (C=O) groups excluding carboxylic acids is 1. The van der Waals surface area contributed by atoms with E-state index in [1.54, 1.807) is 11.0 Å². The highest BCUT2D eigenvalue weighted by Crippen LogP contribution is 2.45. The lowest BCUT2D eigenvalue weighted by Gasteiger charge is -2.27. The molecule has 3 rings (SSSR count). The molecule has 0 radical (unpaired) electrons. The average molecular weight is 348 g/mol. The van der Waals surface area contributed by atoms with E-state index < -0.39 is 10.3 Å². The van der Waals surface area contributed by atoms with Crippen molar-refractivity contribution in [3.8, 4) is 0 Å². The number of hydrogen-bond acceptors (Lipinski definition) is 6. The molecule has 0 atom stereocenters. The first-order chi connectivity index (χ1) is 11.8. The number of fused-ring (bicyclic) bond motifs is 1. The summed E-state index contributed by atoms with van der Waals surface area (Å²) in [5.41, 5.74) is 6.40. The molecule has 1 amide bonds. The van der Waals surface area contributed by atoms with Crippen molar-refractivity contribution < 1.29 is 14.5 Å². The minimum Gasteiger partial charge on any atom is -0.393 e. The zero-order valence-electron chi connectivity index (χ0n) is 14.7. The molecule has 0 aromatic heterocycles. The van der Waals surface area contributed by atoms with E-state index in [9.17, 15) is 14.9 Å². The molecule has 2 heterocycles. The number of morpholine rings is 1. The van der Waals surface area contributed by atoms with E-state index in [4.69, 9.17) is 10.5 Å². The fourth-order valence-corrected chi connectivity index (χ4v) is 3.54. The molecule has 0 aliphatic carbocycles. The second-order valence-corrected chi connectivity index (χ2v) is 7.07. The first-order valence-electron chi connectivity index (χ1n) is 8.53. The van der Waals surface area contributed by atoms with Crippen LogP contribution in [0.3, 0.4) is 0 Å². The predicted octanol–water partition coefficient (Wildman–Crippen LogP) is 1.52. The summed E-state index contributed by atoms with van der Waals surface area (Å²) in [6.07, 6.45) is 0.805. The van der Waals surface area contributed by atoms with Gasteiger partial charge in [-0.25, -0.2) is 0 Å². The van der Waals surface area contributed by atoms with Gasteiger partial charge in [0.15, 0.2) is 0 Å². The number of nitro groups is 1. The van der Waals surface area contributed by atoms with Crippen molar-refractivity contribution in [2.45, 2.75) is 25.7 Å². The number of anilines is 2. The van der Waals surface area contributed by atoms with Gasteiger partial charge in [0.1, 0.15) is 5.69 Å². The Hall–Kier alpha value is -2.19. The normalized spacial score (nSPS) is 19.9. The van der Waals surface area contributed by atoms with Crippen molar-refractivity contribution in [1.29, 1.82) is 0 Å². The monoisotopic (exact) mass is 348 g/mol. The van der Waals surface area contributed by atoms with Crippen LogP contribution < -0.4 is 10.6 Å². The minimum absolute atomic E-state index is 0.0376. The van der Waals surface area contributed by atoms with Crippen LogP contribution in [0.25, 0.3) is 0 Å². The number of carbonyl (C=O) groups is 1. The molecule has 2 aliphatic rings. The fourth-order valence-electron chi connectivity index (χ4n) is 3.54. The van der Waals surface area contributed by atoms with Crippen LogP contribution in [0.4, 0.5) is 17.1 Å². The van der Waals surface area contributed by atoms with Gasteiger partial charge in [-0.05, 0) is 31.9 Å². The average Bonchev–Trinajstić information content (AvgIpc) is 2.75. The maximum atomic E-state index is 12.8. The van der Waals surface area contributed by atoms with Gasteiger partial charge in [-0.2, -0.15) is 0 Å². The van der Waals surface area contributed by atoms with Crippen molar-refractivity contribution in [3.05, 3.63) is 27.8 Å². The zero-order chi connectivity index (χ0) is 18.2. The summed E-state index contributed by atoms with van der Waals surface area (Å²) >= 11 is 0. The topological polar surface area (TPSA) is 102 Å². The van der Waals surface area contributed by atoms with E-state index in [1.807, 2.05) is 13.8 Å². The van der Waals surface area contributed by atoms with Crippen LogP contribution in [0.5, 0.6) is 0 Å². The molecule has 1 aromatic rings. The molecule has 0 spiro atoms.